The van der Waals surface area contributed by atoms with Gasteiger partial charge < -0.3 is 4.74 Å². The molecule has 2 nitrogen and oxygen atoms in total. The Bertz CT molecular complexity index is 257. The van der Waals surface area contributed by atoms with Crippen molar-refractivity contribution in [1.29, 1.82) is 0 Å². The number of carbonyl (C=O) groups is 1. The SMILES string of the molecule is CCCC#CC#CCCC(=O)OC. The van der Waals surface area contributed by atoms with Crippen LogP contribution in [0.1, 0.15) is 32.6 Å². The lowest BCUT2D eigenvalue weighted by Gasteiger charge is -1.91. The largest absolute Gasteiger partial charge is 0.469 e. The molecule has 13 heavy (non-hydrogen) atoms. The molecule has 0 aliphatic carbocycles. The second kappa shape index (κ2) is 8.68. The minimum atomic E-state index is -0.226. The van der Waals surface area contributed by atoms with Crippen molar-refractivity contribution in [2.75, 3.05) is 7.11 Å². The number of esters is 1. The van der Waals surface area contributed by atoms with Gasteiger partial charge >= 0.3 is 5.97 Å². The Morgan fingerprint density at radius 3 is 2.38 bits per heavy atom. The van der Waals surface area contributed by atoms with Crippen molar-refractivity contribution >= 4 is 5.97 Å². The van der Waals surface area contributed by atoms with Crippen molar-refractivity contribution in [2.24, 2.45) is 0 Å². The maximum atomic E-state index is 10.6. The van der Waals surface area contributed by atoms with Crippen LogP contribution in [-0.2, 0) is 9.53 Å². The highest BCUT2D eigenvalue weighted by atomic mass is 16.5. The van der Waals surface area contributed by atoms with E-state index in [0.29, 0.717) is 12.8 Å². The summed E-state index contributed by atoms with van der Waals surface area (Å²) in [5.41, 5.74) is 0. The fourth-order valence-corrected chi connectivity index (χ4v) is 0.605. The summed E-state index contributed by atoms with van der Waals surface area (Å²) in [5.74, 6) is 10.9. The molecule has 0 saturated carbocycles. The van der Waals surface area contributed by atoms with Gasteiger partial charge in [-0.3, -0.25) is 4.79 Å². The predicted octanol–water partition coefficient (Wildman–Crippen LogP) is 1.75. The Morgan fingerprint density at radius 2 is 1.85 bits per heavy atom. The number of hydrogen-bond acceptors (Lipinski definition) is 2. The topological polar surface area (TPSA) is 26.3 Å². The van der Waals surface area contributed by atoms with Gasteiger partial charge in [-0.1, -0.05) is 18.8 Å². The standard InChI is InChI=1S/C11H14O2/c1-3-4-5-6-7-8-9-10-11(12)13-2/h3-4,9-10H2,1-2H3. The fourth-order valence-electron chi connectivity index (χ4n) is 0.605. The third kappa shape index (κ3) is 8.50. The Labute approximate surface area is 79.7 Å². The van der Waals surface area contributed by atoms with E-state index in [4.69, 9.17) is 0 Å². The van der Waals surface area contributed by atoms with Crippen molar-refractivity contribution in [3.8, 4) is 23.7 Å². The van der Waals surface area contributed by atoms with Gasteiger partial charge in [0.15, 0.2) is 0 Å². The number of ether oxygens (including phenoxy) is 1. The summed E-state index contributed by atoms with van der Waals surface area (Å²) < 4.78 is 4.45. The number of rotatable bonds is 3. The van der Waals surface area contributed by atoms with E-state index in [1.807, 2.05) is 0 Å². The monoisotopic (exact) mass is 178 g/mol. The van der Waals surface area contributed by atoms with E-state index in [1.54, 1.807) is 0 Å². The number of carbonyl (C=O) groups excluding carboxylic acids is 1. The quantitative estimate of drug-likeness (QED) is 0.486. The number of hydrogen-bond donors (Lipinski definition) is 0. The van der Waals surface area contributed by atoms with Crippen molar-refractivity contribution in [3.05, 3.63) is 0 Å². The van der Waals surface area contributed by atoms with Crippen LogP contribution in [0, 0.1) is 23.7 Å². The van der Waals surface area contributed by atoms with E-state index in [-0.39, 0.29) is 5.97 Å². The van der Waals surface area contributed by atoms with E-state index >= 15 is 0 Å². The minimum Gasteiger partial charge on any atom is -0.469 e. The highest BCUT2D eigenvalue weighted by molar-refractivity contribution is 5.69. The van der Waals surface area contributed by atoms with E-state index in [0.717, 1.165) is 12.8 Å². The molecule has 0 atom stereocenters. The van der Waals surface area contributed by atoms with Gasteiger partial charge in [-0.2, -0.15) is 0 Å². The predicted molar refractivity (Wildman–Crippen MR) is 51.7 cm³/mol. The molecule has 2 heteroatoms. The Balaban J connectivity index is 3.52. The summed E-state index contributed by atoms with van der Waals surface area (Å²) in [6.07, 6.45) is 2.80. The summed E-state index contributed by atoms with van der Waals surface area (Å²) in [5, 5.41) is 0. The second-order valence-electron chi connectivity index (χ2n) is 2.43. The van der Waals surface area contributed by atoms with Crippen LogP contribution in [0.15, 0.2) is 0 Å². The van der Waals surface area contributed by atoms with Crippen molar-refractivity contribution < 1.29 is 9.53 Å². The van der Waals surface area contributed by atoms with Crippen molar-refractivity contribution in [1.82, 2.24) is 0 Å². The van der Waals surface area contributed by atoms with Crippen molar-refractivity contribution in [2.45, 2.75) is 32.6 Å². The Morgan fingerprint density at radius 1 is 1.23 bits per heavy atom. The third-order valence-electron chi connectivity index (χ3n) is 1.30. The van der Waals surface area contributed by atoms with E-state index in [2.05, 4.69) is 35.3 Å². The van der Waals surface area contributed by atoms with Crippen LogP contribution < -0.4 is 0 Å². The molecular weight excluding hydrogens is 164 g/mol. The van der Waals surface area contributed by atoms with Crippen LogP contribution in [0.4, 0.5) is 0 Å². The molecule has 0 bridgehead atoms. The van der Waals surface area contributed by atoms with Gasteiger partial charge in [-0.15, -0.1) is 0 Å². The normalized spacial score (nSPS) is 7.54. The summed E-state index contributed by atoms with van der Waals surface area (Å²) in [7, 11) is 1.37. The zero-order chi connectivity index (χ0) is 9.94. The van der Waals surface area contributed by atoms with Crippen molar-refractivity contribution in [3.63, 3.8) is 0 Å². The Hall–Kier alpha value is -1.41. The highest BCUT2D eigenvalue weighted by Gasteiger charge is 1.94. The first-order valence-electron chi connectivity index (χ1n) is 4.33. The van der Waals surface area contributed by atoms with Gasteiger partial charge in [-0.05, 0) is 18.3 Å². The maximum Gasteiger partial charge on any atom is 0.306 e. The molecule has 0 aliphatic rings. The molecule has 0 aromatic rings. The molecule has 0 amide bonds. The molecule has 0 fully saturated rings. The average molecular weight is 178 g/mol. The summed E-state index contributed by atoms with van der Waals surface area (Å²) in [6.45, 7) is 2.07. The first kappa shape index (κ1) is 11.6. The third-order valence-corrected chi connectivity index (χ3v) is 1.30. The van der Waals surface area contributed by atoms with Gasteiger partial charge in [0.25, 0.3) is 0 Å². The zero-order valence-corrected chi connectivity index (χ0v) is 8.14. The smallest absolute Gasteiger partial charge is 0.306 e. The van der Waals surface area contributed by atoms with Gasteiger partial charge in [-0.25, -0.2) is 0 Å². The van der Waals surface area contributed by atoms with Gasteiger partial charge in [0.2, 0.25) is 0 Å². The van der Waals surface area contributed by atoms with Crippen LogP contribution in [0.5, 0.6) is 0 Å². The molecule has 0 aliphatic heterocycles. The molecule has 0 aromatic heterocycles. The van der Waals surface area contributed by atoms with Crippen LogP contribution in [-0.4, -0.2) is 13.1 Å². The van der Waals surface area contributed by atoms with Crippen LogP contribution in [0.3, 0.4) is 0 Å². The lowest BCUT2D eigenvalue weighted by Crippen LogP contribution is -1.97. The highest BCUT2D eigenvalue weighted by Crippen LogP contribution is 1.88. The number of methoxy groups -OCH3 is 1. The van der Waals surface area contributed by atoms with Gasteiger partial charge in [0.05, 0.1) is 13.5 Å². The van der Waals surface area contributed by atoms with E-state index < -0.39 is 0 Å². The average Bonchev–Trinajstić information content (AvgIpc) is 2.16. The molecule has 0 heterocycles. The molecule has 0 saturated heterocycles. The van der Waals surface area contributed by atoms with Gasteiger partial charge in [0.1, 0.15) is 0 Å². The van der Waals surface area contributed by atoms with Crippen LogP contribution in [0.2, 0.25) is 0 Å². The summed E-state index contributed by atoms with van der Waals surface area (Å²) in [6, 6.07) is 0. The molecular formula is C11H14O2. The Kier molecular flexibility index (Phi) is 7.74. The lowest BCUT2D eigenvalue weighted by molar-refractivity contribution is -0.140. The van der Waals surface area contributed by atoms with E-state index in [1.165, 1.54) is 7.11 Å². The molecule has 0 radical (unpaired) electrons. The fraction of sp³-hybridized carbons (Fsp3) is 0.545. The molecule has 0 unspecified atom stereocenters. The van der Waals surface area contributed by atoms with Crippen LogP contribution in [0.25, 0.3) is 0 Å². The maximum absolute atomic E-state index is 10.6. The summed E-state index contributed by atoms with van der Waals surface area (Å²) >= 11 is 0. The first-order valence-corrected chi connectivity index (χ1v) is 4.33. The van der Waals surface area contributed by atoms with Gasteiger partial charge in [0, 0.05) is 12.8 Å². The second-order valence-corrected chi connectivity index (χ2v) is 2.43. The molecule has 0 rings (SSSR count). The molecule has 0 aromatic carbocycles. The van der Waals surface area contributed by atoms with E-state index in [9.17, 15) is 4.79 Å². The molecule has 0 spiro atoms. The first-order chi connectivity index (χ1) is 6.31. The van der Waals surface area contributed by atoms with Crippen LogP contribution >= 0.6 is 0 Å². The summed E-state index contributed by atoms with van der Waals surface area (Å²) in [4.78, 5) is 10.6. The molecule has 70 valence electrons. The lowest BCUT2D eigenvalue weighted by atomic mass is 10.3. The minimum absolute atomic E-state index is 0.226. The number of unbranched alkanes of at least 4 members (excludes halogenated alkanes) is 1. The molecule has 0 N–H and O–H groups in total. The zero-order valence-electron chi connectivity index (χ0n) is 8.14.